The molecule has 26 heavy (non-hydrogen) atoms. The van der Waals surface area contributed by atoms with E-state index in [0.717, 1.165) is 22.9 Å². The number of unbranched alkanes of at least 4 members (excludes halogenated alkanes) is 1. The molecular formula is C21H30NO4+. The number of quaternary nitrogens is 1. The van der Waals surface area contributed by atoms with Gasteiger partial charge in [-0.15, -0.1) is 0 Å². The first-order valence-electron chi connectivity index (χ1n) is 9.95. The number of fused-ring (bicyclic) bond motifs is 5. The Hall–Kier alpha value is -1.43. The first-order chi connectivity index (χ1) is 12.6. The summed E-state index contributed by atoms with van der Waals surface area (Å²) in [5.74, 6) is -0.898. The van der Waals surface area contributed by atoms with Crippen molar-refractivity contribution < 1.29 is 23.9 Å². The molecule has 5 heteroatoms. The van der Waals surface area contributed by atoms with Crippen molar-refractivity contribution in [3.63, 3.8) is 0 Å². The van der Waals surface area contributed by atoms with Crippen LogP contribution in [0.5, 0.6) is 0 Å². The van der Waals surface area contributed by atoms with Crippen LogP contribution in [0.1, 0.15) is 44.1 Å². The third-order valence-corrected chi connectivity index (χ3v) is 6.79. The van der Waals surface area contributed by atoms with Gasteiger partial charge in [0.2, 0.25) is 0 Å². The lowest BCUT2D eigenvalue weighted by molar-refractivity contribution is -0.956. The number of ether oxygens (including phenoxy) is 2. The number of hydrogen-bond donors (Lipinski definition) is 1. The fourth-order valence-electron chi connectivity index (χ4n) is 5.23. The number of carbonyl (C=O) groups is 1. The third-order valence-electron chi connectivity index (χ3n) is 6.79. The predicted octanol–water partition coefficient (Wildman–Crippen LogP) is 2.23. The second-order valence-corrected chi connectivity index (χ2v) is 8.30. The summed E-state index contributed by atoms with van der Waals surface area (Å²) in [5.41, 5.74) is 0.813. The number of benzene rings is 1. The van der Waals surface area contributed by atoms with Crippen LogP contribution in [0.15, 0.2) is 30.3 Å². The second kappa shape index (κ2) is 6.95. The van der Waals surface area contributed by atoms with Gasteiger partial charge >= 0.3 is 5.97 Å². The van der Waals surface area contributed by atoms with Crippen molar-refractivity contribution in [2.24, 2.45) is 0 Å². The molecule has 7 atom stereocenters. The Kier molecular flexibility index (Phi) is 4.80. The number of aliphatic hydroxyl groups is 1. The Morgan fingerprint density at radius 2 is 1.92 bits per heavy atom. The average molecular weight is 360 g/mol. The maximum Gasteiger partial charge on any atom is 0.316 e. The van der Waals surface area contributed by atoms with Gasteiger partial charge in [0.15, 0.2) is 0 Å². The van der Waals surface area contributed by atoms with Crippen LogP contribution < -0.4 is 0 Å². The molecule has 0 radical (unpaired) electrons. The molecular weight excluding hydrogens is 330 g/mol. The zero-order valence-corrected chi connectivity index (χ0v) is 15.7. The van der Waals surface area contributed by atoms with E-state index in [-0.39, 0.29) is 18.7 Å². The lowest BCUT2D eigenvalue weighted by Gasteiger charge is -2.48. The minimum Gasteiger partial charge on any atom is -0.461 e. The van der Waals surface area contributed by atoms with Gasteiger partial charge in [-0.2, -0.15) is 0 Å². The Labute approximate surface area is 155 Å². The van der Waals surface area contributed by atoms with Gasteiger partial charge in [-0.3, -0.25) is 4.79 Å². The van der Waals surface area contributed by atoms with E-state index in [4.69, 9.17) is 9.47 Å². The van der Waals surface area contributed by atoms with E-state index in [9.17, 15) is 9.90 Å². The maximum atomic E-state index is 12.7. The standard InChI is InChI=1S/C21H30NO4/c1-3-4-10-22(2)17-11-15(12-18(22)20-19(17)26-20)25-21(24)16(13-23)14-8-6-5-7-9-14/h5-9,15-20,23H,3-4,10-13H2,1-2H3/q+1/t15?,16?,17-,18-,19-,20+,22?/m0/s1. The van der Waals surface area contributed by atoms with Crippen LogP contribution in [0.3, 0.4) is 0 Å². The smallest absolute Gasteiger partial charge is 0.316 e. The quantitative estimate of drug-likeness (QED) is 0.460. The van der Waals surface area contributed by atoms with Gasteiger partial charge in [-0.25, -0.2) is 0 Å². The molecule has 3 unspecified atom stereocenters. The van der Waals surface area contributed by atoms with Gasteiger partial charge in [0.05, 0.1) is 20.2 Å². The highest BCUT2D eigenvalue weighted by molar-refractivity contribution is 5.78. The van der Waals surface area contributed by atoms with Gasteiger partial charge in [-0.05, 0) is 12.0 Å². The highest BCUT2D eigenvalue weighted by Crippen LogP contribution is 2.52. The molecule has 4 rings (SSSR count). The van der Waals surface area contributed by atoms with E-state index >= 15 is 0 Å². The van der Waals surface area contributed by atoms with E-state index in [1.165, 1.54) is 19.4 Å². The van der Waals surface area contributed by atoms with Crippen molar-refractivity contribution in [3.05, 3.63) is 35.9 Å². The molecule has 3 aliphatic heterocycles. The van der Waals surface area contributed by atoms with Crippen molar-refractivity contribution >= 4 is 5.97 Å². The molecule has 0 spiro atoms. The van der Waals surface area contributed by atoms with Crippen molar-refractivity contribution in [1.82, 2.24) is 0 Å². The van der Waals surface area contributed by atoms with Crippen LogP contribution >= 0.6 is 0 Å². The number of epoxide rings is 1. The molecule has 0 aliphatic carbocycles. The van der Waals surface area contributed by atoms with Gasteiger partial charge in [0.25, 0.3) is 0 Å². The zero-order chi connectivity index (χ0) is 18.3. The molecule has 3 aliphatic rings. The number of morpholine rings is 1. The van der Waals surface area contributed by atoms with E-state index in [1.54, 1.807) is 0 Å². The average Bonchev–Trinajstić information content (AvgIpc) is 3.40. The predicted molar refractivity (Wildman–Crippen MR) is 97.6 cm³/mol. The van der Waals surface area contributed by atoms with Crippen LogP contribution in [0, 0.1) is 0 Å². The monoisotopic (exact) mass is 360 g/mol. The number of carbonyl (C=O) groups excluding carboxylic acids is 1. The van der Waals surface area contributed by atoms with Crippen LogP contribution in [-0.2, 0) is 14.3 Å². The topological polar surface area (TPSA) is 59.1 Å². The van der Waals surface area contributed by atoms with Crippen LogP contribution in [0.25, 0.3) is 0 Å². The van der Waals surface area contributed by atoms with E-state index in [0.29, 0.717) is 24.3 Å². The molecule has 3 heterocycles. The highest BCUT2D eigenvalue weighted by Gasteiger charge is 2.71. The number of likely N-dealkylation sites (N-methyl/N-ethyl adjacent to an activating group) is 1. The molecule has 3 saturated heterocycles. The third kappa shape index (κ3) is 2.96. The number of hydrogen-bond acceptors (Lipinski definition) is 4. The molecule has 0 amide bonds. The molecule has 0 saturated carbocycles. The summed E-state index contributed by atoms with van der Waals surface area (Å²) >= 11 is 0. The Morgan fingerprint density at radius 1 is 1.27 bits per heavy atom. The maximum absolute atomic E-state index is 12.7. The summed E-state index contributed by atoms with van der Waals surface area (Å²) < 4.78 is 12.9. The largest absolute Gasteiger partial charge is 0.461 e. The molecule has 5 nitrogen and oxygen atoms in total. The minimum atomic E-state index is -0.595. The lowest BCUT2D eigenvalue weighted by Crippen LogP contribution is -2.62. The lowest BCUT2D eigenvalue weighted by atomic mass is 9.94. The summed E-state index contributed by atoms with van der Waals surface area (Å²) in [6.07, 6.45) is 4.83. The van der Waals surface area contributed by atoms with Crippen LogP contribution in [-0.4, -0.2) is 66.2 Å². The fraction of sp³-hybridized carbons (Fsp3) is 0.667. The van der Waals surface area contributed by atoms with Crippen molar-refractivity contribution in [2.75, 3.05) is 20.2 Å². The molecule has 3 fully saturated rings. The first-order valence-corrected chi connectivity index (χ1v) is 9.95. The Balaban J connectivity index is 1.42. The number of piperidine rings is 1. The summed E-state index contributed by atoms with van der Waals surface area (Å²) in [5, 5.41) is 9.70. The molecule has 1 aromatic rings. The van der Waals surface area contributed by atoms with Crippen molar-refractivity contribution in [1.29, 1.82) is 0 Å². The van der Waals surface area contributed by atoms with Crippen molar-refractivity contribution in [2.45, 2.75) is 68.9 Å². The molecule has 142 valence electrons. The number of nitrogens with zero attached hydrogens (tertiary/aromatic N) is 1. The van der Waals surface area contributed by atoms with Gasteiger partial charge in [0.1, 0.15) is 36.3 Å². The van der Waals surface area contributed by atoms with Crippen molar-refractivity contribution in [3.8, 4) is 0 Å². The molecule has 1 N–H and O–H groups in total. The van der Waals surface area contributed by atoms with Crippen LogP contribution in [0.4, 0.5) is 0 Å². The van der Waals surface area contributed by atoms with Gasteiger partial charge in [0, 0.05) is 12.8 Å². The Morgan fingerprint density at radius 3 is 2.50 bits per heavy atom. The SMILES string of the molecule is CCCC[N+]1(C)[C@H]2CC(OC(=O)C(CO)c3ccccc3)C[C@H]1[C@H]1O[C@H]12. The zero-order valence-electron chi connectivity index (χ0n) is 15.7. The summed E-state index contributed by atoms with van der Waals surface area (Å²) in [4.78, 5) is 12.7. The van der Waals surface area contributed by atoms with Gasteiger partial charge < -0.3 is 19.1 Å². The number of rotatable bonds is 7. The minimum absolute atomic E-state index is 0.0560. The molecule has 2 bridgehead atoms. The first kappa shape index (κ1) is 18.0. The highest BCUT2D eigenvalue weighted by atomic mass is 16.6. The summed E-state index contributed by atoms with van der Waals surface area (Å²) in [7, 11) is 2.36. The molecule has 0 aromatic heterocycles. The van der Waals surface area contributed by atoms with E-state index < -0.39 is 5.92 Å². The normalized spacial score (nSPS) is 38.5. The number of esters is 1. The van der Waals surface area contributed by atoms with E-state index in [1.807, 2.05) is 30.3 Å². The summed E-state index contributed by atoms with van der Waals surface area (Å²) in [6, 6.07) is 10.3. The van der Waals surface area contributed by atoms with E-state index in [2.05, 4.69) is 14.0 Å². The van der Waals surface area contributed by atoms with Crippen LogP contribution in [0.2, 0.25) is 0 Å². The fourth-order valence-corrected chi connectivity index (χ4v) is 5.23. The molecule has 1 aromatic carbocycles. The van der Waals surface area contributed by atoms with Gasteiger partial charge in [-0.1, -0.05) is 43.7 Å². The summed E-state index contributed by atoms with van der Waals surface area (Å²) in [6.45, 7) is 3.20. The Bertz CT molecular complexity index is 631. The second-order valence-electron chi connectivity index (χ2n) is 8.30. The number of aliphatic hydroxyl groups excluding tert-OH is 1.